The predicted octanol–water partition coefficient (Wildman–Crippen LogP) is 2.04. The zero-order valence-corrected chi connectivity index (χ0v) is 13.1. The Morgan fingerprint density at radius 3 is 2.61 bits per heavy atom. The van der Waals surface area contributed by atoms with Crippen LogP contribution in [0, 0.1) is 5.92 Å². The molecular weight excluding hydrogens is 222 g/mol. The molecule has 1 saturated heterocycles. The van der Waals surface area contributed by atoms with E-state index in [9.17, 15) is 0 Å². The molecule has 1 N–H and O–H groups in total. The van der Waals surface area contributed by atoms with Crippen molar-refractivity contribution in [3.05, 3.63) is 0 Å². The molecule has 2 unspecified atom stereocenters. The van der Waals surface area contributed by atoms with Crippen molar-refractivity contribution in [1.82, 2.24) is 15.1 Å². The van der Waals surface area contributed by atoms with Gasteiger partial charge in [-0.1, -0.05) is 20.8 Å². The highest BCUT2D eigenvalue weighted by molar-refractivity contribution is 4.85. The first-order valence-corrected chi connectivity index (χ1v) is 7.66. The Morgan fingerprint density at radius 2 is 2.06 bits per heavy atom. The summed E-state index contributed by atoms with van der Waals surface area (Å²) in [5.74, 6) is 0.734. The summed E-state index contributed by atoms with van der Waals surface area (Å²) >= 11 is 0. The largest absolute Gasteiger partial charge is 0.313 e. The highest BCUT2D eigenvalue weighted by Gasteiger charge is 2.27. The van der Waals surface area contributed by atoms with Gasteiger partial charge < -0.3 is 10.2 Å². The van der Waals surface area contributed by atoms with E-state index in [0.29, 0.717) is 12.1 Å². The first-order chi connectivity index (χ1) is 8.54. The van der Waals surface area contributed by atoms with Gasteiger partial charge in [-0.2, -0.15) is 0 Å². The second-order valence-corrected chi connectivity index (χ2v) is 6.36. The lowest BCUT2D eigenvalue weighted by molar-refractivity contribution is 0.0878. The van der Waals surface area contributed by atoms with Crippen molar-refractivity contribution in [1.29, 1.82) is 0 Å². The summed E-state index contributed by atoms with van der Waals surface area (Å²) in [6.07, 6.45) is 3.93. The van der Waals surface area contributed by atoms with Gasteiger partial charge >= 0.3 is 0 Å². The third-order valence-corrected chi connectivity index (χ3v) is 3.93. The molecule has 0 bridgehead atoms. The van der Waals surface area contributed by atoms with Gasteiger partial charge in [0.2, 0.25) is 0 Å². The van der Waals surface area contributed by atoms with Gasteiger partial charge in [0, 0.05) is 25.2 Å². The molecule has 0 saturated carbocycles. The fourth-order valence-electron chi connectivity index (χ4n) is 2.94. The van der Waals surface area contributed by atoms with Gasteiger partial charge in [-0.25, -0.2) is 0 Å². The molecule has 18 heavy (non-hydrogen) atoms. The van der Waals surface area contributed by atoms with Crippen LogP contribution in [0.15, 0.2) is 0 Å². The Balaban J connectivity index is 2.50. The van der Waals surface area contributed by atoms with Crippen molar-refractivity contribution >= 4 is 0 Å². The number of nitrogens with zero attached hydrogens (tertiary/aromatic N) is 2. The van der Waals surface area contributed by atoms with Crippen LogP contribution in [-0.2, 0) is 0 Å². The molecule has 1 aliphatic rings. The van der Waals surface area contributed by atoms with E-state index in [2.05, 4.69) is 50.0 Å². The highest BCUT2D eigenvalue weighted by Crippen LogP contribution is 2.18. The second kappa shape index (κ2) is 8.13. The Labute approximate surface area is 114 Å². The summed E-state index contributed by atoms with van der Waals surface area (Å²) in [4.78, 5) is 5.04. The van der Waals surface area contributed by atoms with Gasteiger partial charge in [-0.15, -0.1) is 0 Å². The van der Waals surface area contributed by atoms with Crippen molar-refractivity contribution in [3.63, 3.8) is 0 Å². The zero-order chi connectivity index (χ0) is 13.5. The lowest BCUT2D eigenvalue weighted by Crippen LogP contribution is -2.53. The number of likely N-dealkylation sites (N-methyl/N-ethyl adjacent to an activating group) is 1. The van der Waals surface area contributed by atoms with Crippen molar-refractivity contribution in [3.8, 4) is 0 Å². The molecule has 3 nitrogen and oxygen atoms in total. The third-order valence-electron chi connectivity index (χ3n) is 3.93. The molecule has 1 aliphatic heterocycles. The topological polar surface area (TPSA) is 18.5 Å². The number of piperidine rings is 1. The first kappa shape index (κ1) is 15.9. The molecule has 2 atom stereocenters. The smallest absolute Gasteiger partial charge is 0.0246 e. The molecule has 0 amide bonds. The van der Waals surface area contributed by atoms with Crippen LogP contribution in [0.1, 0.15) is 40.0 Å². The summed E-state index contributed by atoms with van der Waals surface area (Å²) < 4.78 is 0. The maximum absolute atomic E-state index is 3.69. The van der Waals surface area contributed by atoms with Crippen LogP contribution >= 0.6 is 0 Å². The van der Waals surface area contributed by atoms with Crippen LogP contribution in [0.2, 0.25) is 0 Å². The number of hydrogen-bond acceptors (Lipinski definition) is 3. The van der Waals surface area contributed by atoms with E-state index in [-0.39, 0.29) is 0 Å². The number of hydrogen-bond donors (Lipinski definition) is 1. The second-order valence-electron chi connectivity index (χ2n) is 6.36. The van der Waals surface area contributed by atoms with E-state index in [0.717, 1.165) is 5.92 Å². The normalized spacial score (nSPS) is 23.8. The summed E-state index contributed by atoms with van der Waals surface area (Å²) in [5, 5.41) is 3.69. The lowest BCUT2D eigenvalue weighted by Gasteiger charge is -2.41. The Kier molecular flexibility index (Phi) is 7.20. The highest BCUT2D eigenvalue weighted by atomic mass is 15.2. The van der Waals surface area contributed by atoms with Gasteiger partial charge in [0.25, 0.3) is 0 Å². The molecule has 0 radical (unpaired) electrons. The standard InChI is InChI=1S/C15H33N3/c1-6-9-16-14-8-7-10-18(11-14)15(13(2)3)12-17(4)5/h13-16H,6-12H2,1-5H3. The summed E-state index contributed by atoms with van der Waals surface area (Å²) in [6, 6.07) is 1.41. The van der Waals surface area contributed by atoms with Crippen molar-refractivity contribution < 1.29 is 0 Å². The van der Waals surface area contributed by atoms with Gasteiger partial charge in [0.05, 0.1) is 0 Å². The maximum Gasteiger partial charge on any atom is 0.0246 e. The first-order valence-electron chi connectivity index (χ1n) is 7.66. The molecular formula is C15H33N3. The number of nitrogens with one attached hydrogen (secondary N) is 1. The molecule has 0 aromatic rings. The van der Waals surface area contributed by atoms with E-state index in [4.69, 9.17) is 0 Å². The molecule has 0 aromatic carbocycles. The van der Waals surface area contributed by atoms with Gasteiger partial charge in [-0.05, 0) is 52.4 Å². The SMILES string of the molecule is CCCNC1CCCN(C(CN(C)C)C(C)C)C1. The van der Waals surface area contributed by atoms with Crippen LogP contribution in [0.5, 0.6) is 0 Å². The fraction of sp³-hybridized carbons (Fsp3) is 1.00. The number of rotatable bonds is 7. The average molecular weight is 255 g/mol. The molecule has 1 fully saturated rings. The zero-order valence-electron chi connectivity index (χ0n) is 13.1. The van der Waals surface area contributed by atoms with Crippen LogP contribution in [0.4, 0.5) is 0 Å². The maximum atomic E-state index is 3.69. The Bertz CT molecular complexity index is 216. The molecule has 0 aliphatic carbocycles. The molecule has 1 rings (SSSR count). The Morgan fingerprint density at radius 1 is 1.33 bits per heavy atom. The number of likely N-dealkylation sites (tertiary alicyclic amines) is 1. The van der Waals surface area contributed by atoms with Crippen molar-refractivity contribution in [2.75, 3.05) is 40.3 Å². The van der Waals surface area contributed by atoms with Crippen molar-refractivity contribution in [2.45, 2.75) is 52.1 Å². The predicted molar refractivity (Wildman–Crippen MR) is 80.1 cm³/mol. The van der Waals surface area contributed by atoms with Gasteiger partial charge in [0.15, 0.2) is 0 Å². The monoisotopic (exact) mass is 255 g/mol. The van der Waals surface area contributed by atoms with Gasteiger partial charge in [-0.3, -0.25) is 4.90 Å². The Hall–Kier alpha value is -0.120. The molecule has 1 heterocycles. The summed E-state index contributed by atoms with van der Waals surface area (Å²) in [5.41, 5.74) is 0. The molecule has 3 heteroatoms. The summed E-state index contributed by atoms with van der Waals surface area (Å²) in [6.45, 7) is 11.8. The van der Waals surface area contributed by atoms with E-state index < -0.39 is 0 Å². The van der Waals surface area contributed by atoms with E-state index in [1.54, 1.807) is 0 Å². The average Bonchev–Trinajstić information content (AvgIpc) is 2.33. The minimum atomic E-state index is 0.700. The van der Waals surface area contributed by atoms with E-state index in [1.165, 1.54) is 45.4 Å². The minimum Gasteiger partial charge on any atom is -0.313 e. The molecule has 0 spiro atoms. The fourth-order valence-corrected chi connectivity index (χ4v) is 2.94. The van der Waals surface area contributed by atoms with Crippen LogP contribution in [0.25, 0.3) is 0 Å². The van der Waals surface area contributed by atoms with Crippen LogP contribution in [0.3, 0.4) is 0 Å². The van der Waals surface area contributed by atoms with E-state index >= 15 is 0 Å². The lowest BCUT2D eigenvalue weighted by atomic mass is 9.97. The van der Waals surface area contributed by atoms with E-state index in [1.807, 2.05) is 0 Å². The molecule has 108 valence electrons. The van der Waals surface area contributed by atoms with Crippen LogP contribution in [-0.4, -0.2) is 62.2 Å². The summed E-state index contributed by atoms with van der Waals surface area (Å²) in [7, 11) is 4.37. The minimum absolute atomic E-state index is 0.700. The molecule has 0 aromatic heterocycles. The van der Waals surface area contributed by atoms with Crippen LogP contribution < -0.4 is 5.32 Å². The van der Waals surface area contributed by atoms with Gasteiger partial charge in [0.1, 0.15) is 0 Å². The third kappa shape index (κ3) is 5.25. The quantitative estimate of drug-likeness (QED) is 0.751. The van der Waals surface area contributed by atoms with Crippen molar-refractivity contribution in [2.24, 2.45) is 5.92 Å².